The summed E-state index contributed by atoms with van der Waals surface area (Å²) < 4.78 is 5.29. The van der Waals surface area contributed by atoms with E-state index in [9.17, 15) is 0 Å². The number of methoxy groups -OCH3 is 1. The second kappa shape index (κ2) is 6.93. The summed E-state index contributed by atoms with van der Waals surface area (Å²) in [5, 5.41) is 0.645. The van der Waals surface area contributed by atoms with Crippen LogP contribution in [-0.4, -0.2) is 12.1 Å². The SMILES string of the molecule is COc1cc(-c2ccc(CCl)cc2C2CCCC2(C)C)c(Cl)cn1. The van der Waals surface area contributed by atoms with E-state index in [1.807, 2.05) is 6.07 Å². The lowest BCUT2D eigenvalue weighted by Crippen LogP contribution is -2.16. The Morgan fingerprint density at radius 2 is 2.04 bits per heavy atom. The Morgan fingerprint density at radius 1 is 1.25 bits per heavy atom. The monoisotopic (exact) mass is 363 g/mol. The number of pyridine rings is 1. The highest BCUT2D eigenvalue weighted by Crippen LogP contribution is 2.51. The van der Waals surface area contributed by atoms with E-state index < -0.39 is 0 Å². The second-order valence-corrected chi connectivity index (χ2v) is 7.87. The van der Waals surface area contributed by atoms with Crippen molar-refractivity contribution < 1.29 is 4.74 Å². The smallest absolute Gasteiger partial charge is 0.213 e. The number of halogens is 2. The van der Waals surface area contributed by atoms with Crippen LogP contribution in [-0.2, 0) is 5.88 Å². The molecular weight excluding hydrogens is 341 g/mol. The average molecular weight is 364 g/mol. The van der Waals surface area contributed by atoms with Crippen molar-refractivity contribution in [2.45, 2.75) is 44.9 Å². The molecule has 0 radical (unpaired) electrons. The van der Waals surface area contributed by atoms with Gasteiger partial charge in [0, 0.05) is 17.5 Å². The molecule has 1 heterocycles. The van der Waals surface area contributed by atoms with Crippen molar-refractivity contribution in [2.75, 3.05) is 7.11 Å². The summed E-state index contributed by atoms with van der Waals surface area (Å²) >= 11 is 12.6. The first-order chi connectivity index (χ1) is 11.5. The lowest BCUT2D eigenvalue weighted by Gasteiger charge is -2.30. The number of alkyl halides is 1. The van der Waals surface area contributed by atoms with Gasteiger partial charge in [0.2, 0.25) is 5.88 Å². The van der Waals surface area contributed by atoms with Crippen LogP contribution in [0.15, 0.2) is 30.5 Å². The number of aromatic nitrogens is 1. The molecule has 0 N–H and O–H groups in total. The molecule has 1 aliphatic carbocycles. The lowest BCUT2D eigenvalue weighted by atomic mass is 9.75. The van der Waals surface area contributed by atoms with Crippen molar-refractivity contribution in [3.63, 3.8) is 0 Å². The van der Waals surface area contributed by atoms with Gasteiger partial charge in [-0.3, -0.25) is 0 Å². The van der Waals surface area contributed by atoms with Crippen molar-refractivity contribution >= 4 is 23.2 Å². The molecule has 1 aromatic carbocycles. The third kappa shape index (κ3) is 3.27. The molecule has 1 aliphatic rings. The Morgan fingerprint density at radius 3 is 2.67 bits per heavy atom. The first-order valence-electron chi connectivity index (χ1n) is 8.35. The van der Waals surface area contributed by atoms with Gasteiger partial charge in [-0.15, -0.1) is 11.6 Å². The highest BCUT2D eigenvalue weighted by atomic mass is 35.5. The Hall–Kier alpha value is -1.25. The maximum absolute atomic E-state index is 6.47. The maximum Gasteiger partial charge on any atom is 0.213 e. The van der Waals surface area contributed by atoms with E-state index in [0.29, 0.717) is 22.7 Å². The van der Waals surface area contributed by atoms with E-state index in [1.54, 1.807) is 13.3 Å². The van der Waals surface area contributed by atoms with Crippen molar-refractivity contribution in [1.82, 2.24) is 4.98 Å². The molecule has 1 saturated carbocycles. The van der Waals surface area contributed by atoms with Crippen molar-refractivity contribution in [3.8, 4) is 17.0 Å². The standard InChI is InChI=1S/C20H23Cl2NO/c1-20(2)8-4-5-17(20)15-9-13(11-21)6-7-14(15)16-10-19(24-3)23-12-18(16)22/h6-7,9-10,12,17H,4-5,8,11H2,1-3H3. The number of benzene rings is 1. The molecule has 0 amide bonds. The molecule has 4 heteroatoms. The zero-order valence-corrected chi connectivity index (χ0v) is 15.9. The van der Waals surface area contributed by atoms with Gasteiger partial charge in [0.05, 0.1) is 18.3 Å². The van der Waals surface area contributed by atoms with E-state index in [2.05, 4.69) is 37.0 Å². The minimum atomic E-state index is 0.281. The Balaban J connectivity index is 2.18. The Bertz CT molecular complexity index is 742. The molecule has 24 heavy (non-hydrogen) atoms. The first-order valence-corrected chi connectivity index (χ1v) is 9.26. The van der Waals surface area contributed by atoms with Crippen LogP contribution in [0.25, 0.3) is 11.1 Å². The molecule has 1 atom stereocenters. The summed E-state index contributed by atoms with van der Waals surface area (Å²) in [5.74, 6) is 1.60. The molecule has 1 aromatic heterocycles. The minimum Gasteiger partial charge on any atom is -0.481 e. The summed E-state index contributed by atoms with van der Waals surface area (Å²) in [6.07, 6.45) is 5.37. The van der Waals surface area contributed by atoms with Gasteiger partial charge in [-0.1, -0.05) is 50.1 Å². The van der Waals surface area contributed by atoms with E-state index in [0.717, 1.165) is 16.7 Å². The molecule has 128 valence electrons. The third-order valence-corrected chi connectivity index (χ3v) is 5.84. The first kappa shape index (κ1) is 17.6. The highest BCUT2D eigenvalue weighted by Gasteiger charge is 2.37. The van der Waals surface area contributed by atoms with E-state index in [-0.39, 0.29) is 5.41 Å². The minimum absolute atomic E-state index is 0.281. The summed E-state index contributed by atoms with van der Waals surface area (Å²) in [6.45, 7) is 4.72. The van der Waals surface area contributed by atoms with Crippen LogP contribution < -0.4 is 4.74 Å². The fourth-order valence-corrected chi connectivity index (χ4v) is 4.24. The van der Waals surface area contributed by atoms with Gasteiger partial charge in [0.25, 0.3) is 0 Å². The average Bonchev–Trinajstić information content (AvgIpc) is 2.94. The predicted octanol–water partition coefficient (Wildman–Crippen LogP) is 6.44. The van der Waals surface area contributed by atoms with Crippen LogP contribution in [0.2, 0.25) is 5.02 Å². The largest absolute Gasteiger partial charge is 0.481 e. The van der Waals surface area contributed by atoms with Gasteiger partial charge in [-0.2, -0.15) is 0 Å². The molecule has 0 aliphatic heterocycles. The summed E-state index contributed by atoms with van der Waals surface area (Å²) in [7, 11) is 1.62. The van der Waals surface area contributed by atoms with Crippen LogP contribution in [0.4, 0.5) is 0 Å². The number of rotatable bonds is 4. The van der Waals surface area contributed by atoms with Crippen LogP contribution in [0.3, 0.4) is 0 Å². The topological polar surface area (TPSA) is 22.1 Å². The lowest BCUT2D eigenvalue weighted by molar-refractivity contribution is 0.333. The summed E-state index contributed by atoms with van der Waals surface area (Å²) in [4.78, 5) is 4.20. The zero-order valence-electron chi connectivity index (χ0n) is 14.4. The molecular formula is C20H23Cl2NO. The number of ether oxygens (including phenoxy) is 1. The number of nitrogens with zero attached hydrogens (tertiary/aromatic N) is 1. The second-order valence-electron chi connectivity index (χ2n) is 7.20. The van der Waals surface area contributed by atoms with Crippen LogP contribution in [0.1, 0.15) is 50.2 Å². The van der Waals surface area contributed by atoms with Gasteiger partial charge in [-0.25, -0.2) is 4.98 Å². The molecule has 0 spiro atoms. The maximum atomic E-state index is 6.47. The molecule has 1 fully saturated rings. The predicted molar refractivity (Wildman–Crippen MR) is 101 cm³/mol. The van der Waals surface area contributed by atoms with Crippen LogP contribution >= 0.6 is 23.2 Å². The zero-order chi connectivity index (χ0) is 17.3. The molecule has 0 saturated heterocycles. The molecule has 0 bridgehead atoms. The molecule has 1 unspecified atom stereocenters. The fourth-order valence-electron chi connectivity index (χ4n) is 3.87. The Labute approximate surface area is 154 Å². The molecule has 3 rings (SSSR count). The van der Waals surface area contributed by atoms with Crippen LogP contribution in [0, 0.1) is 5.41 Å². The summed E-state index contributed by atoms with van der Waals surface area (Å²) in [5.41, 5.74) is 4.90. The number of hydrogen-bond donors (Lipinski definition) is 0. The summed E-state index contributed by atoms with van der Waals surface area (Å²) in [6, 6.07) is 8.39. The van der Waals surface area contributed by atoms with Crippen LogP contribution in [0.5, 0.6) is 5.88 Å². The molecule has 2 aromatic rings. The van der Waals surface area contributed by atoms with Gasteiger partial charge in [0.1, 0.15) is 0 Å². The fraction of sp³-hybridized carbons (Fsp3) is 0.450. The van der Waals surface area contributed by atoms with Gasteiger partial charge in [0.15, 0.2) is 0 Å². The molecule has 2 nitrogen and oxygen atoms in total. The van der Waals surface area contributed by atoms with Gasteiger partial charge in [-0.05, 0) is 40.9 Å². The number of hydrogen-bond acceptors (Lipinski definition) is 2. The highest BCUT2D eigenvalue weighted by molar-refractivity contribution is 6.33. The third-order valence-electron chi connectivity index (χ3n) is 5.23. The van der Waals surface area contributed by atoms with Gasteiger partial charge < -0.3 is 4.74 Å². The van der Waals surface area contributed by atoms with E-state index >= 15 is 0 Å². The van der Waals surface area contributed by atoms with E-state index in [1.165, 1.54) is 24.8 Å². The van der Waals surface area contributed by atoms with Crippen molar-refractivity contribution in [3.05, 3.63) is 46.6 Å². The van der Waals surface area contributed by atoms with Crippen molar-refractivity contribution in [1.29, 1.82) is 0 Å². The van der Waals surface area contributed by atoms with E-state index in [4.69, 9.17) is 27.9 Å². The van der Waals surface area contributed by atoms with Crippen molar-refractivity contribution in [2.24, 2.45) is 5.41 Å². The van der Waals surface area contributed by atoms with Gasteiger partial charge >= 0.3 is 0 Å². The normalized spacial score (nSPS) is 19.5. The Kier molecular flexibility index (Phi) is 5.08. The quantitative estimate of drug-likeness (QED) is 0.582.